The molecular weight excluding hydrogens is 430 g/mol. The molecule has 3 rings (SSSR count). The van der Waals surface area contributed by atoms with Crippen molar-refractivity contribution >= 4 is 23.0 Å². The predicted molar refractivity (Wildman–Crippen MR) is 124 cm³/mol. The van der Waals surface area contributed by atoms with Gasteiger partial charge in [-0.15, -0.1) is 0 Å². The van der Waals surface area contributed by atoms with Gasteiger partial charge >= 0.3 is 5.69 Å². The van der Waals surface area contributed by atoms with Gasteiger partial charge in [-0.2, -0.15) is 5.10 Å². The Hall–Kier alpha value is -3.34. The van der Waals surface area contributed by atoms with Gasteiger partial charge in [0.25, 0.3) is 0 Å². The van der Waals surface area contributed by atoms with Crippen molar-refractivity contribution in [1.29, 1.82) is 0 Å². The van der Waals surface area contributed by atoms with E-state index in [9.17, 15) is 14.9 Å². The number of ether oxygens (including phenoxy) is 3. The molecule has 0 radical (unpaired) electrons. The molecule has 0 bridgehead atoms. The first-order valence-electron chi connectivity index (χ1n) is 11.1. The second-order valence-electron chi connectivity index (χ2n) is 7.67. The zero-order chi connectivity index (χ0) is 24.1. The fourth-order valence-corrected chi connectivity index (χ4v) is 3.89. The minimum atomic E-state index is -0.777. The molecule has 2 heterocycles. The van der Waals surface area contributed by atoms with Crippen LogP contribution in [0.2, 0.25) is 0 Å². The average Bonchev–Trinajstić information content (AvgIpc) is 3.09. The highest BCUT2D eigenvalue weighted by Gasteiger charge is 2.28. The van der Waals surface area contributed by atoms with Crippen LogP contribution in [0.5, 0.6) is 11.5 Å². The lowest BCUT2D eigenvalue weighted by Gasteiger charge is -2.31. The number of benzene rings is 1. The molecule has 33 heavy (non-hydrogen) atoms. The van der Waals surface area contributed by atoms with E-state index in [4.69, 9.17) is 14.2 Å². The Balaban J connectivity index is 1.93. The van der Waals surface area contributed by atoms with Crippen LogP contribution in [-0.2, 0) is 9.53 Å². The van der Waals surface area contributed by atoms with Gasteiger partial charge in [0.15, 0.2) is 0 Å². The van der Waals surface area contributed by atoms with E-state index in [1.165, 1.54) is 4.68 Å². The standard InChI is InChI=1S/C22H31N5O6/c1-6-32-19-13-18(25-8-10-31-11-9-25)20(33-7-2)12-17(19)23-22(28)16(5)26-15(4)21(27(29)30)14(3)24-26/h12-13,16H,6-11H2,1-5H3,(H,23,28). The highest BCUT2D eigenvalue weighted by Crippen LogP contribution is 2.39. The summed E-state index contributed by atoms with van der Waals surface area (Å²) in [6.07, 6.45) is 0. The summed E-state index contributed by atoms with van der Waals surface area (Å²) in [5.74, 6) is 0.771. The molecule has 1 fully saturated rings. The van der Waals surface area contributed by atoms with E-state index >= 15 is 0 Å². The molecule has 11 heteroatoms. The first kappa shape index (κ1) is 24.3. The first-order chi connectivity index (χ1) is 15.8. The second-order valence-corrected chi connectivity index (χ2v) is 7.67. The van der Waals surface area contributed by atoms with Crippen LogP contribution in [0.15, 0.2) is 12.1 Å². The Kier molecular flexibility index (Phi) is 7.75. The predicted octanol–water partition coefficient (Wildman–Crippen LogP) is 3.24. The summed E-state index contributed by atoms with van der Waals surface area (Å²) in [6.45, 7) is 12.1. The Morgan fingerprint density at radius 2 is 1.85 bits per heavy atom. The number of aromatic nitrogens is 2. The zero-order valence-electron chi connectivity index (χ0n) is 19.7. The average molecular weight is 462 g/mol. The van der Waals surface area contributed by atoms with Crippen molar-refractivity contribution in [1.82, 2.24) is 9.78 Å². The van der Waals surface area contributed by atoms with Crippen molar-refractivity contribution in [3.05, 3.63) is 33.6 Å². The second kappa shape index (κ2) is 10.5. The third-order valence-electron chi connectivity index (χ3n) is 5.49. The number of carbonyl (C=O) groups excluding carboxylic acids is 1. The smallest absolute Gasteiger partial charge is 0.312 e. The maximum atomic E-state index is 13.1. The van der Waals surface area contributed by atoms with Crippen LogP contribution >= 0.6 is 0 Å². The summed E-state index contributed by atoms with van der Waals surface area (Å²) in [5, 5.41) is 18.4. The Labute approximate surface area is 192 Å². The molecule has 1 amide bonds. The van der Waals surface area contributed by atoms with Crippen LogP contribution < -0.4 is 19.7 Å². The number of nitrogens with zero attached hydrogens (tertiary/aromatic N) is 4. The molecule has 0 saturated carbocycles. The van der Waals surface area contributed by atoms with Gasteiger partial charge in [0.1, 0.15) is 28.9 Å². The molecule has 1 saturated heterocycles. The number of morpholine rings is 1. The van der Waals surface area contributed by atoms with E-state index in [-0.39, 0.29) is 17.3 Å². The van der Waals surface area contributed by atoms with Crippen molar-refractivity contribution in [2.45, 2.75) is 40.7 Å². The molecule has 11 nitrogen and oxygen atoms in total. The van der Waals surface area contributed by atoms with Crippen molar-refractivity contribution in [2.75, 3.05) is 49.7 Å². The summed E-state index contributed by atoms with van der Waals surface area (Å²) in [5.41, 5.74) is 1.84. The van der Waals surface area contributed by atoms with Crippen LogP contribution in [0.4, 0.5) is 17.1 Å². The number of aryl methyl sites for hydroxylation is 1. The monoisotopic (exact) mass is 461 g/mol. The normalized spacial score (nSPS) is 14.6. The highest BCUT2D eigenvalue weighted by molar-refractivity contribution is 5.95. The van der Waals surface area contributed by atoms with Gasteiger partial charge in [0, 0.05) is 25.2 Å². The third-order valence-corrected chi connectivity index (χ3v) is 5.49. The third kappa shape index (κ3) is 5.19. The molecule has 1 atom stereocenters. The van der Waals surface area contributed by atoms with Crippen molar-refractivity contribution in [3.63, 3.8) is 0 Å². The Bertz CT molecular complexity index is 1020. The van der Waals surface area contributed by atoms with E-state index in [1.54, 1.807) is 26.8 Å². The topological polar surface area (TPSA) is 121 Å². The quantitative estimate of drug-likeness (QED) is 0.446. The molecule has 1 N–H and O–H groups in total. The largest absolute Gasteiger partial charge is 0.492 e. The minimum Gasteiger partial charge on any atom is -0.492 e. The van der Waals surface area contributed by atoms with Crippen LogP contribution in [0.1, 0.15) is 38.2 Å². The first-order valence-corrected chi connectivity index (χ1v) is 11.1. The summed E-state index contributed by atoms with van der Waals surface area (Å²) in [7, 11) is 0. The van der Waals surface area contributed by atoms with Crippen molar-refractivity contribution in [2.24, 2.45) is 0 Å². The van der Waals surface area contributed by atoms with E-state index < -0.39 is 11.0 Å². The van der Waals surface area contributed by atoms with E-state index in [0.717, 1.165) is 18.8 Å². The lowest BCUT2D eigenvalue weighted by molar-refractivity contribution is -0.386. The Morgan fingerprint density at radius 3 is 2.42 bits per heavy atom. The lowest BCUT2D eigenvalue weighted by atomic mass is 10.2. The van der Waals surface area contributed by atoms with Crippen LogP contribution in [0, 0.1) is 24.0 Å². The summed E-state index contributed by atoms with van der Waals surface area (Å²) in [4.78, 5) is 26.1. The van der Waals surface area contributed by atoms with Crippen molar-refractivity contribution < 1.29 is 23.9 Å². The summed E-state index contributed by atoms with van der Waals surface area (Å²) < 4.78 is 18.5. The number of nitro groups is 1. The number of rotatable bonds is 9. The summed E-state index contributed by atoms with van der Waals surface area (Å²) in [6, 6.07) is 2.85. The molecule has 1 aliphatic heterocycles. The molecule has 0 spiro atoms. The molecule has 0 aliphatic carbocycles. The number of nitrogens with one attached hydrogen (secondary N) is 1. The lowest BCUT2D eigenvalue weighted by Crippen LogP contribution is -2.36. The van der Waals surface area contributed by atoms with Gasteiger partial charge in [-0.3, -0.25) is 19.6 Å². The molecule has 1 unspecified atom stereocenters. The number of anilines is 2. The van der Waals surface area contributed by atoms with E-state index in [2.05, 4.69) is 15.3 Å². The highest BCUT2D eigenvalue weighted by atomic mass is 16.6. The van der Waals surface area contributed by atoms with Gasteiger partial charge in [-0.1, -0.05) is 0 Å². The fourth-order valence-electron chi connectivity index (χ4n) is 3.89. The van der Waals surface area contributed by atoms with E-state index in [1.807, 2.05) is 19.9 Å². The maximum Gasteiger partial charge on any atom is 0.312 e. The van der Waals surface area contributed by atoms with Crippen LogP contribution in [-0.4, -0.2) is 60.1 Å². The Morgan fingerprint density at radius 1 is 1.21 bits per heavy atom. The number of amides is 1. The zero-order valence-corrected chi connectivity index (χ0v) is 19.7. The molecule has 1 aliphatic rings. The minimum absolute atomic E-state index is 0.0850. The summed E-state index contributed by atoms with van der Waals surface area (Å²) >= 11 is 0. The van der Waals surface area contributed by atoms with Gasteiger partial charge in [-0.05, 0) is 34.6 Å². The molecule has 2 aromatic rings. The molecule has 1 aromatic carbocycles. The van der Waals surface area contributed by atoms with Gasteiger partial charge in [0.05, 0.1) is 42.7 Å². The van der Waals surface area contributed by atoms with Gasteiger partial charge < -0.3 is 24.4 Å². The van der Waals surface area contributed by atoms with Crippen LogP contribution in [0.25, 0.3) is 0 Å². The maximum absolute atomic E-state index is 13.1. The van der Waals surface area contributed by atoms with E-state index in [0.29, 0.717) is 49.3 Å². The van der Waals surface area contributed by atoms with Gasteiger partial charge in [-0.25, -0.2) is 0 Å². The van der Waals surface area contributed by atoms with Gasteiger partial charge in [0.2, 0.25) is 5.91 Å². The molecule has 180 valence electrons. The van der Waals surface area contributed by atoms with Crippen LogP contribution in [0.3, 0.4) is 0 Å². The fraction of sp³-hybridized carbons (Fsp3) is 0.545. The molecular formula is C22H31N5O6. The molecule has 1 aromatic heterocycles. The van der Waals surface area contributed by atoms with Crippen molar-refractivity contribution in [3.8, 4) is 11.5 Å². The number of hydrogen-bond acceptors (Lipinski definition) is 8. The number of hydrogen-bond donors (Lipinski definition) is 1. The number of carbonyl (C=O) groups is 1. The SMILES string of the molecule is CCOc1cc(N2CCOCC2)c(OCC)cc1NC(=O)C(C)n1nc(C)c([N+](=O)[O-])c1C.